The van der Waals surface area contributed by atoms with Gasteiger partial charge in [-0.3, -0.25) is 9.59 Å². The predicted octanol–water partition coefficient (Wildman–Crippen LogP) is 3.88. The fraction of sp³-hybridized carbons (Fsp3) is 0.300. The summed E-state index contributed by atoms with van der Waals surface area (Å²) < 4.78 is 0. The van der Waals surface area contributed by atoms with Crippen molar-refractivity contribution >= 4 is 29.1 Å². The van der Waals surface area contributed by atoms with Crippen LogP contribution in [0, 0.1) is 12.8 Å². The normalized spacial score (nSPS) is 18.3. The van der Waals surface area contributed by atoms with Crippen LogP contribution in [0.15, 0.2) is 48.5 Å². The number of hydrogen-bond acceptors (Lipinski definition) is 2. The molecule has 2 aromatic rings. The lowest BCUT2D eigenvalue weighted by Gasteiger charge is -2.20. The predicted molar refractivity (Wildman–Crippen MR) is 99.6 cm³/mol. The second-order valence-corrected chi connectivity index (χ2v) is 6.91. The average Bonchev–Trinajstić information content (AvgIpc) is 2.99. The van der Waals surface area contributed by atoms with E-state index in [-0.39, 0.29) is 30.2 Å². The molecule has 1 heterocycles. The Morgan fingerprint density at radius 2 is 1.96 bits per heavy atom. The van der Waals surface area contributed by atoms with Crippen molar-refractivity contribution < 1.29 is 9.59 Å². The van der Waals surface area contributed by atoms with Crippen molar-refractivity contribution in [1.29, 1.82) is 0 Å². The van der Waals surface area contributed by atoms with Crippen LogP contribution in [0.25, 0.3) is 0 Å². The quantitative estimate of drug-likeness (QED) is 0.903. The minimum absolute atomic E-state index is 0.0436. The van der Waals surface area contributed by atoms with Crippen LogP contribution < -0.4 is 10.2 Å². The third-order valence-corrected chi connectivity index (χ3v) is 4.85. The lowest BCUT2D eigenvalue weighted by Crippen LogP contribution is -2.34. The summed E-state index contributed by atoms with van der Waals surface area (Å²) in [6.45, 7) is 4.26. The Balaban J connectivity index is 1.69. The van der Waals surface area contributed by atoms with Gasteiger partial charge in [0.1, 0.15) is 0 Å². The van der Waals surface area contributed by atoms with Crippen LogP contribution in [0.4, 0.5) is 5.69 Å². The van der Waals surface area contributed by atoms with E-state index in [1.165, 1.54) is 0 Å². The summed E-state index contributed by atoms with van der Waals surface area (Å²) in [6.07, 6.45) is 0.222. The SMILES string of the molecule is Cc1ccc(Cl)cc1N1CC(C(=O)NC(C)c2ccccc2)CC1=O. The molecule has 0 aliphatic carbocycles. The van der Waals surface area contributed by atoms with E-state index in [0.29, 0.717) is 11.6 Å². The summed E-state index contributed by atoms with van der Waals surface area (Å²) in [5.74, 6) is -0.484. The van der Waals surface area contributed by atoms with Gasteiger partial charge in [0.15, 0.2) is 0 Å². The van der Waals surface area contributed by atoms with Gasteiger partial charge in [-0.15, -0.1) is 0 Å². The molecule has 130 valence electrons. The summed E-state index contributed by atoms with van der Waals surface area (Å²) in [6, 6.07) is 15.2. The number of carbonyl (C=O) groups is 2. The van der Waals surface area contributed by atoms with Gasteiger partial charge in [0.2, 0.25) is 11.8 Å². The lowest BCUT2D eigenvalue weighted by molar-refractivity contribution is -0.126. The van der Waals surface area contributed by atoms with Crippen molar-refractivity contribution in [2.45, 2.75) is 26.3 Å². The highest BCUT2D eigenvalue weighted by Crippen LogP contribution is 2.30. The Bertz CT molecular complexity index is 792. The van der Waals surface area contributed by atoms with Crippen LogP contribution >= 0.6 is 11.6 Å². The highest BCUT2D eigenvalue weighted by molar-refractivity contribution is 6.31. The molecule has 0 saturated carbocycles. The zero-order chi connectivity index (χ0) is 18.0. The molecule has 3 rings (SSSR count). The van der Waals surface area contributed by atoms with Crippen molar-refractivity contribution in [2.75, 3.05) is 11.4 Å². The molecular weight excluding hydrogens is 336 g/mol. The first-order chi connectivity index (χ1) is 12.0. The highest BCUT2D eigenvalue weighted by Gasteiger charge is 2.36. The van der Waals surface area contributed by atoms with Crippen LogP contribution in [0.3, 0.4) is 0 Å². The molecule has 1 aliphatic heterocycles. The average molecular weight is 357 g/mol. The van der Waals surface area contributed by atoms with E-state index in [4.69, 9.17) is 11.6 Å². The van der Waals surface area contributed by atoms with Crippen molar-refractivity contribution in [3.63, 3.8) is 0 Å². The van der Waals surface area contributed by atoms with E-state index in [1.54, 1.807) is 17.0 Å². The van der Waals surface area contributed by atoms with Crippen LogP contribution in [-0.2, 0) is 9.59 Å². The third-order valence-electron chi connectivity index (χ3n) is 4.62. The number of nitrogens with zero attached hydrogens (tertiary/aromatic N) is 1. The molecule has 1 N–H and O–H groups in total. The van der Waals surface area contributed by atoms with E-state index in [9.17, 15) is 9.59 Å². The molecule has 0 aromatic heterocycles. The molecule has 2 atom stereocenters. The Hall–Kier alpha value is -2.33. The number of benzene rings is 2. The largest absolute Gasteiger partial charge is 0.349 e. The zero-order valence-corrected chi connectivity index (χ0v) is 15.1. The summed E-state index contributed by atoms with van der Waals surface area (Å²) in [5.41, 5.74) is 2.79. The molecule has 2 unspecified atom stereocenters. The van der Waals surface area contributed by atoms with Gasteiger partial charge >= 0.3 is 0 Å². The Morgan fingerprint density at radius 1 is 1.24 bits per heavy atom. The Morgan fingerprint density at radius 3 is 2.68 bits per heavy atom. The fourth-order valence-corrected chi connectivity index (χ4v) is 3.31. The van der Waals surface area contributed by atoms with Crippen molar-refractivity contribution in [2.24, 2.45) is 5.92 Å². The molecular formula is C20H21ClN2O2. The first-order valence-electron chi connectivity index (χ1n) is 8.37. The topological polar surface area (TPSA) is 49.4 Å². The molecule has 2 amide bonds. The number of halogens is 1. The highest BCUT2D eigenvalue weighted by atomic mass is 35.5. The number of amides is 2. The van der Waals surface area contributed by atoms with Gasteiger partial charge in [0.25, 0.3) is 0 Å². The van der Waals surface area contributed by atoms with Crippen LogP contribution in [0.1, 0.15) is 30.5 Å². The number of nitrogens with one attached hydrogen (secondary N) is 1. The monoisotopic (exact) mass is 356 g/mol. The van der Waals surface area contributed by atoms with E-state index in [1.807, 2.05) is 50.2 Å². The number of rotatable bonds is 4. The van der Waals surface area contributed by atoms with E-state index in [0.717, 1.165) is 16.8 Å². The molecule has 1 fully saturated rings. The van der Waals surface area contributed by atoms with Gasteiger partial charge in [-0.25, -0.2) is 0 Å². The van der Waals surface area contributed by atoms with Crippen LogP contribution in [0.2, 0.25) is 5.02 Å². The summed E-state index contributed by atoms with van der Waals surface area (Å²) in [5, 5.41) is 3.60. The molecule has 4 nitrogen and oxygen atoms in total. The van der Waals surface area contributed by atoms with Gasteiger partial charge in [-0.05, 0) is 37.1 Å². The van der Waals surface area contributed by atoms with E-state index in [2.05, 4.69) is 5.32 Å². The lowest BCUT2D eigenvalue weighted by atomic mass is 10.1. The van der Waals surface area contributed by atoms with Crippen LogP contribution in [-0.4, -0.2) is 18.4 Å². The number of aryl methyl sites for hydroxylation is 1. The standard InChI is InChI=1S/C20H21ClN2O2/c1-13-8-9-17(21)11-18(13)23-12-16(10-19(23)24)20(25)22-14(2)15-6-4-3-5-7-15/h3-9,11,14,16H,10,12H2,1-2H3,(H,22,25). The number of hydrogen-bond donors (Lipinski definition) is 1. The first-order valence-corrected chi connectivity index (χ1v) is 8.75. The molecule has 1 aliphatic rings. The maximum Gasteiger partial charge on any atom is 0.227 e. The molecule has 0 bridgehead atoms. The number of anilines is 1. The zero-order valence-electron chi connectivity index (χ0n) is 14.3. The number of carbonyl (C=O) groups excluding carboxylic acids is 2. The maximum atomic E-state index is 12.6. The van der Waals surface area contributed by atoms with Gasteiger partial charge < -0.3 is 10.2 Å². The van der Waals surface area contributed by atoms with Gasteiger partial charge in [0, 0.05) is 23.7 Å². The summed E-state index contributed by atoms with van der Waals surface area (Å²) in [7, 11) is 0. The van der Waals surface area contributed by atoms with Crippen molar-refractivity contribution in [1.82, 2.24) is 5.32 Å². The Labute approximate surface area is 152 Å². The first kappa shape index (κ1) is 17.5. The second kappa shape index (κ2) is 7.28. The van der Waals surface area contributed by atoms with E-state index >= 15 is 0 Å². The third kappa shape index (κ3) is 3.85. The van der Waals surface area contributed by atoms with Crippen LogP contribution in [0.5, 0.6) is 0 Å². The van der Waals surface area contributed by atoms with Crippen molar-refractivity contribution in [3.8, 4) is 0 Å². The molecule has 2 aromatic carbocycles. The fourth-order valence-electron chi connectivity index (χ4n) is 3.15. The van der Waals surface area contributed by atoms with Gasteiger partial charge in [-0.1, -0.05) is 48.0 Å². The molecule has 0 radical (unpaired) electrons. The summed E-state index contributed by atoms with van der Waals surface area (Å²) in [4.78, 5) is 26.7. The van der Waals surface area contributed by atoms with Crippen molar-refractivity contribution in [3.05, 3.63) is 64.7 Å². The Kier molecular flexibility index (Phi) is 5.09. The minimum atomic E-state index is -0.350. The second-order valence-electron chi connectivity index (χ2n) is 6.48. The molecule has 5 heteroatoms. The maximum absolute atomic E-state index is 12.6. The molecule has 0 spiro atoms. The minimum Gasteiger partial charge on any atom is -0.349 e. The molecule has 1 saturated heterocycles. The summed E-state index contributed by atoms with van der Waals surface area (Å²) >= 11 is 6.06. The van der Waals surface area contributed by atoms with E-state index < -0.39 is 0 Å². The smallest absolute Gasteiger partial charge is 0.227 e. The molecule has 25 heavy (non-hydrogen) atoms. The van der Waals surface area contributed by atoms with Gasteiger partial charge in [-0.2, -0.15) is 0 Å². The van der Waals surface area contributed by atoms with Gasteiger partial charge in [0.05, 0.1) is 12.0 Å².